The lowest BCUT2D eigenvalue weighted by Crippen LogP contribution is -2.52. The fourth-order valence-corrected chi connectivity index (χ4v) is 4.55. The quantitative estimate of drug-likeness (QED) is 0.0430. The van der Waals surface area contributed by atoms with Crippen LogP contribution in [0, 0.1) is 0 Å². The first-order valence-electron chi connectivity index (χ1n) is 17.0. The number of ether oxygens (including phenoxy) is 6. The van der Waals surface area contributed by atoms with Crippen molar-refractivity contribution in [3.05, 3.63) is 42.0 Å². The molecule has 2 atom stereocenters. The topological polar surface area (TPSA) is 152 Å². The van der Waals surface area contributed by atoms with Crippen LogP contribution in [0.25, 0.3) is 10.8 Å². The van der Waals surface area contributed by atoms with E-state index < -0.39 is 41.3 Å². The van der Waals surface area contributed by atoms with Gasteiger partial charge in [0, 0.05) is 0 Å². The highest BCUT2D eigenvalue weighted by molar-refractivity contribution is 7.80. The van der Waals surface area contributed by atoms with Crippen LogP contribution in [-0.2, 0) is 44.5 Å². The summed E-state index contributed by atoms with van der Waals surface area (Å²) in [6.07, 6.45) is 0.614. The van der Waals surface area contributed by atoms with Crippen LogP contribution in [0.4, 0.5) is 4.79 Å². The van der Waals surface area contributed by atoms with Crippen LogP contribution in [0.5, 0.6) is 5.75 Å². The number of thiocarbonyl (C=S) groups is 1. The molecule has 14 heteroatoms. The Labute approximate surface area is 307 Å². The van der Waals surface area contributed by atoms with E-state index >= 15 is 0 Å². The van der Waals surface area contributed by atoms with Crippen molar-refractivity contribution in [2.45, 2.75) is 97.9 Å². The van der Waals surface area contributed by atoms with Gasteiger partial charge in [0.15, 0.2) is 0 Å². The van der Waals surface area contributed by atoms with Gasteiger partial charge in [-0.05, 0) is 96.7 Å². The maximum absolute atomic E-state index is 12.9. The summed E-state index contributed by atoms with van der Waals surface area (Å²) >= 11 is 5.37. The SMILES string of the molecule is COc1ccc2cc(CC/C(C)=N/OCCOCCOCCOC(=O)C[C@H](NC(=S)[C@H](C)NC(=O)OC(C)(C)C)C(=O)OC(C)(C)C)ccc2c1. The summed E-state index contributed by atoms with van der Waals surface area (Å²) in [5, 5.41) is 11.9. The fourth-order valence-electron chi connectivity index (χ4n) is 4.35. The van der Waals surface area contributed by atoms with E-state index in [1.165, 1.54) is 10.9 Å². The predicted octanol–water partition coefficient (Wildman–Crippen LogP) is 5.68. The van der Waals surface area contributed by atoms with E-state index in [0.29, 0.717) is 19.8 Å². The van der Waals surface area contributed by atoms with Crippen molar-refractivity contribution < 1.29 is 47.6 Å². The van der Waals surface area contributed by atoms with E-state index in [2.05, 4.69) is 40.1 Å². The molecule has 0 aliphatic carbocycles. The smallest absolute Gasteiger partial charge is 0.408 e. The van der Waals surface area contributed by atoms with Gasteiger partial charge in [0.05, 0.1) is 56.7 Å². The number of nitrogens with zero attached hydrogens (tertiary/aromatic N) is 1. The molecule has 0 fully saturated rings. The number of methoxy groups -OCH3 is 1. The van der Waals surface area contributed by atoms with Gasteiger partial charge in [-0.25, -0.2) is 9.59 Å². The Morgan fingerprint density at radius 1 is 0.824 bits per heavy atom. The van der Waals surface area contributed by atoms with Crippen molar-refractivity contribution >= 4 is 51.7 Å². The minimum absolute atomic E-state index is 0.0218. The number of esters is 2. The molecular weight excluding hydrogens is 678 g/mol. The Balaban J connectivity index is 1.62. The normalized spacial score (nSPS) is 13.2. The highest BCUT2D eigenvalue weighted by Crippen LogP contribution is 2.22. The molecule has 1 amide bonds. The molecule has 2 rings (SSSR count). The molecule has 0 heterocycles. The zero-order chi connectivity index (χ0) is 38.0. The van der Waals surface area contributed by atoms with Crippen LogP contribution >= 0.6 is 12.2 Å². The molecule has 0 radical (unpaired) electrons. The summed E-state index contributed by atoms with van der Waals surface area (Å²) in [6.45, 7) is 15.3. The van der Waals surface area contributed by atoms with E-state index in [-0.39, 0.29) is 31.2 Å². The minimum Gasteiger partial charge on any atom is -0.497 e. The molecule has 2 aromatic rings. The van der Waals surface area contributed by atoms with Gasteiger partial charge in [-0.1, -0.05) is 41.6 Å². The van der Waals surface area contributed by atoms with E-state index in [1.54, 1.807) is 55.6 Å². The van der Waals surface area contributed by atoms with Gasteiger partial charge in [-0.2, -0.15) is 0 Å². The van der Waals surface area contributed by atoms with E-state index in [1.807, 2.05) is 19.1 Å². The molecule has 0 aromatic heterocycles. The lowest BCUT2D eigenvalue weighted by Gasteiger charge is -2.27. The number of amides is 1. The summed E-state index contributed by atoms with van der Waals surface area (Å²) in [6, 6.07) is 10.6. The lowest BCUT2D eigenvalue weighted by atomic mass is 10.0. The third kappa shape index (κ3) is 18.7. The molecule has 0 unspecified atom stereocenters. The van der Waals surface area contributed by atoms with E-state index in [0.717, 1.165) is 29.7 Å². The van der Waals surface area contributed by atoms with Gasteiger partial charge in [-0.15, -0.1) is 0 Å². The fraction of sp³-hybridized carbons (Fsp3) is 0.595. The van der Waals surface area contributed by atoms with E-state index in [4.69, 9.17) is 45.5 Å². The first-order chi connectivity index (χ1) is 24.0. The molecule has 0 bridgehead atoms. The van der Waals surface area contributed by atoms with Crippen LogP contribution in [0.2, 0.25) is 0 Å². The zero-order valence-electron chi connectivity index (χ0n) is 31.4. The number of rotatable bonds is 20. The molecule has 2 aromatic carbocycles. The maximum atomic E-state index is 12.9. The number of aryl methyl sites for hydroxylation is 1. The second-order valence-corrected chi connectivity index (χ2v) is 14.3. The van der Waals surface area contributed by atoms with Gasteiger partial charge in [0.2, 0.25) is 0 Å². The van der Waals surface area contributed by atoms with Gasteiger partial charge in [-0.3, -0.25) is 4.79 Å². The van der Waals surface area contributed by atoms with Crippen LogP contribution < -0.4 is 15.4 Å². The number of carbonyl (C=O) groups excluding carboxylic acids is 3. The summed E-state index contributed by atoms with van der Waals surface area (Å²) in [4.78, 5) is 43.0. The number of alkyl carbamates (subject to hydrolysis) is 1. The molecule has 0 saturated carbocycles. The molecule has 13 nitrogen and oxygen atoms in total. The first-order valence-corrected chi connectivity index (χ1v) is 17.4. The molecule has 0 aliphatic heterocycles. The molecule has 0 spiro atoms. The maximum Gasteiger partial charge on any atom is 0.408 e. The van der Waals surface area contributed by atoms with Crippen LogP contribution in [-0.4, -0.2) is 98.8 Å². The minimum atomic E-state index is -1.13. The standard InChI is InChI=1S/C37H55N3O10S/c1-25(10-11-27-12-13-29-23-30(44-9)15-14-28(29)22-27)40-48-21-19-46-17-16-45-18-20-47-32(41)24-31(34(42)49-36(3,4)5)39-33(51)26(2)38-35(43)50-37(6,7)8/h12-15,22-23,26,31H,10-11,16-21,24H2,1-9H3,(H,38,43)(H,39,51)/b40-25+/t26-,31-/m0/s1. The summed E-state index contributed by atoms with van der Waals surface area (Å²) < 4.78 is 32.2. The molecule has 51 heavy (non-hydrogen) atoms. The molecular formula is C37H55N3O10S. The van der Waals surface area contributed by atoms with Gasteiger partial charge < -0.3 is 43.9 Å². The summed E-state index contributed by atoms with van der Waals surface area (Å²) in [5.41, 5.74) is 0.623. The first kappa shape index (κ1) is 43.2. The Bertz CT molecular complexity index is 1470. The van der Waals surface area contributed by atoms with Crippen molar-refractivity contribution in [1.29, 1.82) is 0 Å². The van der Waals surface area contributed by atoms with Crippen LogP contribution in [0.15, 0.2) is 41.6 Å². The number of hydrogen-bond acceptors (Lipinski definition) is 12. The van der Waals surface area contributed by atoms with Crippen LogP contribution in [0.3, 0.4) is 0 Å². The summed E-state index contributed by atoms with van der Waals surface area (Å²) in [7, 11) is 1.66. The third-order valence-corrected chi connectivity index (χ3v) is 7.27. The van der Waals surface area contributed by atoms with E-state index in [9.17, 15) is 14.4 Å². The molecule has 2 N–H and O–H groups in total. The monoisotopic (exact) mass is 733 g/mol. The Hall–Kier alpha value is -4.01. The number of fused-ring (bicyclic) bond motifs is 1. The third-order valence-electron chi connectivity index (χ3n) is 6.79. The number of hydrogen-bond donors (Lipinski definition) is 2. The van der Waals surface area contributed by atoms with Crippen molar-refractivity contribution in [3.63, 3.8) is 0 Å². The van der Waals surface area contributed by atoms with Gasteiger partial charge in [0.25, 0.3) is 0 Å². The number of carbonyl (C=O) groups is 3. The number of nitrogens with one attached hydrogen (secondary N) is 2. The Morgan fingerprint density at radius 3 is 2.08 bits per heavy atom. The number of oxime groups is 1. The van der Waals surface area contributed by atoms with Gasteiger partial charge >= 0.3 is 18.0 Å². The predicted molar refractivity (Wildman–Crippen MR) is 199 cm³/mol. The van der Waals surface area contributed by atoms with Gasteiger partial charge in [0.1, 0.15) is 36.2 Å². The number of benzene rings is 2. The molecule has 0 aliphatic rings. The molecule has 284 valence electrons. The largest absolute Gasteiger partial charge is 0.497 e. The average molecular weight is 734 g/mol. The average Bonchev–Trinajstić information content (AvgIpc) is 3.03. The van der Waals surface area contributed by atoms with Crippen LogP contribution in [0.1, 0.15) is 73.8 Å². The second-order valence-electron chi connectivity index (χ2n) is 13.8. The highest BCUT2D eigenvalue weighted by atomic mass is 32.1. The second kappa shape index (κ2) is 21.4. The lowest BCUT2D eigenvalue weighted by molar-refractivity contribution is -0.160. The summed E-state index contributed by atoms with van der Waals surface area (Å²) in [5.74, 6) is -0.499. The highest BCUT2D eigenvalue weighted by Gasteiger charge is 2.30. The van der Waals surface area contributed by atoms with Crippen molar-refractivity contribution in [1.82, 2.24) is 10.6 Å². The van der Waals surface area contributed by atoms with Crippen molar-refractivity contribution in [2.75, 3.05) is 46.8 Å². The van der Waals surface area contributed by atoms with Crippen molar-refractivity contribution in [2.24, 2.45) is 5.16 Å². The molecule has 0 saturated heterocycles. The Kier molecular flexibility index (Phi) is 18.1. The zero-order valence-corrected chi connectivity index (χ0v) is 32.2. The van der Waals surface area contributed by atoms with Crippen molar-refractivity contribution in [3.8, 4) is 5.75 Å². The Morgan fingerprint density at radius 2 is 1.43 bits per heavy atom.